The highest BCUT2D eigenvalue weighted by molar-refractivity contribution is 5.72. The molecule has 0 saturated carbocycles. The van der Waals surface area contributed by atoms with E-state index in [1.54, 1.807) is 0 Å². The third kappa shape index (κ3) is 3.69. The number of rotatable bonds is 3. The summed E-state index contributed by atoms with van der Waals surface area (Å²) < 4.78 is 5.45. The molecule has 1 heterocycles. The number of ether oxygens (including phenoxy) is 1. The molecule has 0 aliphatic carbocycles. The van der Waals surface area contributed by atoms with Gasteiger partial charge in [-0.3, -0.25) is 4.79 Å². The van der Waals surface area contributed by atoms with E-state index in [0.29, 0.717) is 6.54 Å². The summed E-state index contributed by atoms with van der Waals surface area (Å²) in [4.78, 5) is 10.5. The molecule has 4 heteroatoms. The lowest BCUT2D eigenvalue weighted by atomic mass is 10.2. The zero-order chi connectivity index (χ0) is 8.81. The quantitative estimate of drug-likeness (QED) is 0.603. The Morgan fingerprint density at radius 1 is 1.75 bits per heavy atom. The van der Waals surface area contributed by atoms with Crippen molar-refractivity contribution >= 4 is 5.91 Å². The molecule has 1 saturated heterocycles. The van der Waals surface area contributed by atoms with Crippen LogP contribution in [0.5, 0.6) is 0 Å². The largest absolute Gasteiger partial charge is 0.376 e. The molecule has 0 aromatic carbocycles. The Hall–Kier alpha value is -0.610. The number of carbonyl (C=O) groups excluding carboxylic acids is 1. The fourth-order valence-electron chi connectivity index (χ4n) is 1.21. The second kappa shape index (κ2) is 5.11. The number of amides is 1. The van der Waals surface area contributed by atoms with Gasteiger partial charge in [0.15, 0.2) is 0 Å². The van der Waals surface area contributed by atoms with E-state index in [1.165, 1.54) is 6.92 Å². The highest BCUT2D eigenvalue weighted by atomic mass is 16.5. The molecule has 1 amide bonds. The average Bonchev–Trinajstić information content (AvgIpc) is 2.05. The van der Waals surface area contributed by atoms with Gasteiger partial charge in [-0.15, -0.1) is 0 Å². The Morgan fingerprint density at radius 2 is 2.58 bits per heavy atom. The minimum atomic E-state index is 0.0266. The molecular formula is C8H16N2O2. The second-order valence-electron chi connectivity index (χ2n) is 2.97. The summed E-state index contributed by atoms with van der Waals surface area (Å²) >= 11 is 0. The molecule has 0 aromatic rings. The summed E-state index contributed by atoms with van der Waals surface area (Å²) in [7, 11) is 0. The van der Waals surface area contributed by atoms with Crippen molar-refractivity contribution in [2.24, 2.45) is 0 Å². The number of nitrogens with one attached hydrogen (secondary N) is 2. The fraction of sp³-hybridized carbons (Fsp3) is 0.875. The van der Waals surface area contributed by atoms with Crippen LogP contribution in [-0.4, -0.2) is 38.3 Å². The van der Waals surface area contributed by atoms with Gasteiger partial charge >= 0.3 is 0 Å². The standard InChI is InChI=1S/C8H16N2O2/c1-7(11)10-3-2-8-6-9-4-5-12-8/h8-9H,2-6H2,1H3,(H,10,11). The highest BCUT2D eigenvalue weighted by Gasteiger charge is 2.12. The van der Waals surface area contributed by atoms with Gasteiger partial charge in [-0.05, 0) is 6.42 Å². The smallest absolute Gasteiger partial charge is 0.216 e. The van der Waals surface area contributed by atoms with Gasteiger partial charge in [0.05, 0.1) is 12.7 Å². The fourth-order valence-corrected chi connectivity index (χ4v) is 1.21. The highest BCUT2D eigenvalue weighted by Crippen LogP contribution is 1.99. The van der Waals surface area contributed by atoms with E-state index in [0.717, 1.165) is 26.1 Å². The van der Waals surface area contributed by atoms with Crippen molar-refractivity contribution in [3.05, 3.63) is 0 Å². The average molecular weight is 172 g/mol. The normalized spacial score (nSPS) is 23.6. The lowest BCUT2D eigenvalue weighted by molar-refractivity contribution is -0.119. The minimum Gasteiger partial charge on any atom is -0.376 e. The lowest BCUT2D eigenvalue weighted by Gasteiger charge is -2.23. The molecule has 0 radical (unpaired) electrons. The monoisotopic (exact) mass is 172 g/mol. The topological polar surface area (TPSA) is 50.4 Å². The van der Waals surface area contributed by atoms with Crippen molar-refractivity contribution < 1.29 is 9.53 Å². The molecule has 1 unspecified atom stereocenters. The summed E-state index contributed by atoms with van der Waals surface area (Å²) in [5.41, 5.74) is 0. The first kappa shape index (κ1) is 9.48. The Kier molecular flexibility index (Phi) is 4.04. The summed E-state index contributed by atoms with van der Waals surface area (Å²) in [6.45, 7) is 4.86. The maximum atomic E-state index is 10.5. The van der Waals surface area contributed by atoms with Crippen LogP contribution in [0.25, 0.3) is 0 Å². The van der Waals surface area contributed by atoms with Gasteiger partial charge in [0, 0.05) is 26.6 Å². The van der Waals surface area contributed by atoms with Gasteiger partial charge in [0.25, 0.3) is 0 Å². The Bertz CT molecular complexity index is 144. The van der Waals surface area contributed by atoms with Gasteiger partial charge in [-0.25, -0.2) is 0 Å². The molecule has 2 N–H and O–H groups in total. The number of morpholine rings is 1. The molecule has 1 fully saturated rings. The number of hydrogen-bond donors (Lipinski definition) is 2. The molecule has 1 rings (SSSR count). The van der Waals surface area contributed by atoms with Gasteiger partial charge in [0.1, 0.15) is 0 Å². The van der Waals surface area contributed by atoms with E-state index in [4.69, 9.17) is 4.74 Å². The van der Waals surface area contributed by atoms with Crippen LogP contribution in [0.2, 0.25) is 0 Å². The molecule has 1 aliphatic heterocycles. The van der Waals surface area contributed by atoms with Crippen LogP contribution < -0.4 is 10.6 Å². The first-order chi connectivity index (χ1) is 5.79. The zero-order valence-corrected chi connectivity index (χ0v) is 7.43. The number of carbonyl (C=O) groups is 1. The van der Waals surface area contributed by atoms with Crippen molar-refractivity contribution in [1.29, 1.82) is 0 Å². The predicted octanol–water partition coefficient (Wildman–Crippen LogP) is -0.499. The third-order valence-electron chi connectivity index (χ3n) is 1.84. The molecule has 12 heavy (non-hydrogen) atoms. The van der Waals surface area contributed by atoms with E-state index in [-0.39, 0.29) is 12.0 Å². The molecule has 1 aliphatic rings. The summed E-state index contributed by atoms with van der Waals surface area (Å²) in [5.74, 6) is 0.0266. The van der Waals surface area contributed by atoms with Crippen molar-refractivity contribution in [2.75, 3.05) is 26.2 Å². The van der Waals surface area contributed by atoms with Crippen LogP contribution in [0.4, 0.5) is 0 Å². The first-order valence-corrected chi connectivity index (χ1v) is 4.36. The van der Waals surface area contributed by atoms with Crippen molar-refractivity contribution in [1.82, 2.24) is 10.6 Å². The van der Waals surface area contributed by atoms with E-state index in [9.17, 15) is 4.79 Å². The second-order valence-corrected chi connectivity index (χ2v) is 2.97. The molecule has 0 aromatic heterocycles. The maximum Gasteiger partial charge on any atom is 0.216 e. The molecule has 0 bridgehead atoms. The Labute approximate surface area is 72.7 Å². The van der Waals surface area contributed by atoms with Gasteiger partial charge < -0.3 is 15.4 Å². The Balaban J connectivity index is 2.01. The molecule has 0 spiro atoms. The molecule has 1 atom stereocenters. The van der Waals surface area contributed by atoms with E-state index in [2.05, 4.69) is 10.6 Å². The minimum absolute atomic E-state index is 0.0266. The maximum absolute atomic E-state index is 10.5. The Morgan fingerprint density at radius 3 is 3.17 bits per heavy atom. The van der Waals surface area contributed by atoms with Crippen LogP contribution >= 0.6 is 0 Å². The summed E-state index contributed by atoms with van der Waals surface area (Å²) in [5, 5.41) is 5.98. The molecular weight excluding hydrogens is 156 g/mol. The lowest BCUT2D eigenvalue weighted by Crippen LogP contribution is -2.40. The van der Waals surface area contributed by atoms with Crippen molar-refractivity contribution in [3.63, 3.8) is 0 Å². The van der Waals surface area contributed by atoms with Crippen LogP contribution in [-0.2, 0) is 9.53 Å². The van der Waals surface area contributed by atoms with E-state index >= 15 is 0 Å². The van der Waals surface area contributed by atoms with Gasteiger partial charge in [-0.2, -0.15) is 0 Å². The first-order valence-electron chi connectivity index (χ1n) is 4.36. The molecule has 70 valence electrons. The van der Waals surface area contributed by atoms with Crippen LogP contribution in [0.3, 0.4) is 0 Å². The van der Waals surface area contributed by atoms with Crippen LogP contribution in [0.1, 0.15) is 13.3 Å². The van der Waals surface area contributed by atoms with Crippen LogP contribution in [0, 0.1) is 0 Å². The van der Waals surface area contributed by atoms with Crippen molar-refractivity contribution in [3.8, 4) is 0 Å². The summed E-state index contributed by atoms with van der Waals surface area (Å²) in [6.07, 6.45) is 1.16. The number of hydrogen-bond acceptors (Lipinski definition) is 3. The van der Waals surface area contributed by atoms with E-state index in [1.807, 2.05) is 0 Å². The van der Waals surface area contributed by atoms with Gasteiger partial charge in [0.2, 0.25) is 5.91 Å². The molecule has 4 nitrogen and oxygen atoms in total. The van der Waals surface area contributed by atoms with E-state index < -0.39 is 0 Å². The SMILES string of the molecule is CC(=O)NCCC1CNCCO1. The van der Waals surface area contributed by atoms with Gasteiger partial charge in [-0.1, -0.05) is 0 Å². The predicted molar refractivity (Wildman–Crippen MR) is 45.9 cm³/mol. The third-order valence-corrected chi connectivity index (χ3v) is 1.84. The zero-order valence-electron chi connectivity index (χ0n) is 7.43. The van der Waals surface area contributed by atoms with Crippen molar-refractivity contribution in [2.45, 2.75) is 19.4 Å². The van der Waals surface area contributed by atoms with Crippen LogP contribution in [0.15, 0.2) is 0 Å². The summed E-state index contributed by atoms with van der Waals surface area (Å²) in [6, 6.07) is 0.